The minimum Gasteiger partial charge on any atom is -0.345 e. The number of carbonyl (C=O) groups excluding carboxylic acids is 1. The molecule has 1 amide bonds. The third-order valence-electron chi connectivity index (χ3n) is 4.46. The molecule has 1 atom stereocenters. The van der Waals surface area contributed by atoms with Gasteiger partial charge in [-0.15, -0.1) is 0 Å². The average Bonchev–Trinajstić information content (AvgIpc) is 3.44. The van der Waals surface area contributed by atoms with Crippen LogP contribution in [0.4, 0.5) is 0 Å². The number of hydrogen-bond donors (Lipinski definition) is 1. The van der Waals surface area contributed by atoms with E-state index in [0.717, 1.165) is 10.9 Å². The van der Waals surface area contributed by atoms with Crippen LogP contribution in [0.5, 0.6) is 0 Å². The van der Waals surface area contributed by atoms with Crippen LogP contribution in [0.2, 0.25) is 5.15 Å². The summed E-state index contributed by atoms with van der Waals surface area (Å²) >= 11 is 5.91. The molecule has 1 aliphatic rings. The number of pyridine rings is 1. The highest BCUT2D eigenvalue weighted by molar-refractivity contribution is 6.29. The summed E-state index contributed by atoms with van der Waals surface area (Å²) in [5.41, 5.74) is 2.61. The number of nitrogens with zero attached hydrogens (tertiary/aromatic N) is 1. The Morgan fingerprint density at radius 2 is 1.88 bits per heavy atom. The number of fused-ring (bicyclic) bond motifs is 1. The normalized spacial score (nSPS) is 15.2. The van der Waals surface area contributed by atoms with Crippen molar-refractivity contribution in [1.29, 1.82) is 0 Å². The second kappa shape index (κ2) is 6.25. The Morgan fingerprint density at radius 1 is 1.08 bits per heavy atom. The second-order valence-electron chi connectivity index (χ2n) is 6.24. The second-order valence-corrected chi connectivity index (χ2v) is 6.63. The van der Waals surface area contributed by atoms with Gasteiger partial charge in [0.2, 0.25) is 0 Å². The fraction of sp³-hybridized carbons (Fsp3) is 0.200. The van der Waals surface area contributed by atoms with Crippen LogP contribution >= 0.6 is 11.6 Å². The molecular formula is C20H17ClN2O. The van der Waals surface area contributed by atoms with Crippen LogP contribution in [0.3, 0.4) is 0 Å². The van der Waals surface area contributed by atoms with E-state index in [4.69, 9.17) is 11.6 Å². The van der Waals surface area contributed by atoms with Crippen LogP contribution in [0.15, 0.2) is 60.7 Å². The van der Waals surface area contributed by atoms with Gasteiger partial charge in [0.25, 0.3) is 5.91 Å². The summed E-state index contributed by atoms with van der Waals surface area (Å²) in [4.78, 5) is 17.0. The van der Waals surface area contributed by atoms with Gasteiger partial charge in [-0.25, -0.2) is 4.98 Å². The average molecular weight is 337 g/mol. The number of halogens is 1. The van der Waals surface area contributed by atoms with Crippen molar-refractivity contribution in [2.24, 2.45) is 5.92 Å². The SMILES string of the molecule is O=C(NC(c1ccccc1)C1CC1)c1ccc2nc(Cl)ccc2c1. The lowest BCUT2D eigenvalue weighted by Crippen LogP contribution is -2.29. The molecule has 1 aliphatic carbocycles. The molecule has 4 heteroatoms. The molecule has 0 radical (unpaired) electrons. The Hall–Kier alpha value is -2.39. The zero-order valence-corrected chi connectivity index (χ0v) is 13.8. The first-order chi connectivity index (χ1) is 11.7. The Morgan fingerprint density at radius 3 is 2.62 bits per heavy atom. The van der Waals surface area contributed by atoms with E-state index in [-0.39, 0.29) is 11.9 Å². The summed E-state index contributed by atoms with van der Waals surface area (Å²) in [6.45, 7) is 0. The molecule has 4 rings (SSSR count). The number of hydrogen-bond acceptors (Lipinski definition) is 2. The maximum atomic E-state index is 12.7. The number of nitrogens with one attached hydrogen (secondary N) is 1. The predicted octanol–water partition coefficient (Wildman–Crippen LogP) is 4.77. The van der Waals surface area contributed by atoms with Crippen LogP contribution in [0, 0.1) is 5.92 Å². The van der Waals surface area contributed by atoms with Gasteiger partial charge in [-0.3, -0.25) is 4.79 Å². The maximum absolute atomic E-state index is 12.7. The van der Waals surface area contributed by atoms with E-state index in [1.807, 2.05) is 36.4 Å². The minimum absolute atomic E-state index is 0.0485. The Bertz CT molecular complexity index is 891. The Balaban J connectivity index is 1.59. The molecule has 3 aromatic rings. The fourth-order valence-corrected chi connectivity index (χ4v) is 3.18. The predicted molar refractivity (Wildman–Crippen MR) is 96.1 cm³/mol. The molecule has 1 fully saturated rings. The summed E-state index contributed by atoms with van der Waals surface area (Å²) in [6.07, 6.45) is 2.33. The van der Waals surface area contributed by atoms with Crippen molar-refractivity contribution in [2.75, 3.05) is 0 Å². The molecule has 0 bridgehead atoms. The first kappa shape index (κ1) is 15.2. The highest BCUT2D eigenvalue weighted by atomic mass is 35.5. The third kappa shape index (κ3) is 3.13. The first-order valence-electron chi connectivity index (χ1n) is 8.13. The molecule has 120 valence electrons. The summed E-state index contributed by atoms with van der Waals surface area (Å²) in [7, 11) is 0. The Kier molecular flexibility index (Phi) is 3.95. The summed E-state index contributed by atoms with van der Waals surface area (Å²) < 4.78 is 0. The van der Waals surface area contributed by atoms with E-state index in [9.17, 15) is 4.79 Å². The molecule has 0 aliphatic heterocycles. The molecule has 3 nitrogen and oxygen atoms in total. The topological polar surface area (TPSA) is 42.0 Å². The van der Waals surface area contributed by atoms with Gasteiger partial charge in [-0.2, -0.15) is 0 Å². The van der Waals surface area contributed by atoms with Gasteiger partial charge in [0.15, 0.2) is 0 Å². The largest absolute Gasteiger partial charge is 0.345 e. The van der Waals surface area contributed by atoms with Crippen LogP contribution in [-0.2, 0) is 0 Å². The molecule has 1 N–H and O–H groups in total. The first-order valence-corrected chi connectivity index (χ1v) is 8.50. The molecule has 1 unspecified atom stereocenters. The van der Waals surface area contributed by atoms with Crippen molar-refractivity contribution in [3.63, 3.8) is 0 Å². The van der Waals surface area contributed by atoms with Crippen molar-refractivity contribution < 1.29 is 4.79 Å². The van der Waals surface area contributed by atoms with E-state index in [1.54, 1.807) is 12.1 Å². The quantitative estimate of drug-likeness (QED) is 0.697. The summed E-state index contributed by atoms with van der Waals surface area (Å²) in [5.74, 6) is 0.491. The maximum Gasteiger partial charge on any atom is 0.251 e. The number of rotatable bonds is 4. The fourth-order valence-electron chi connectivity index (χ4n) is 3.03. The van der Waals surface area contributed by atoms with Gasteiger partial charge in [-0.1, -0.05) is 41.9 Å². The molecular weight excluding hydrogens is 320 g/mol. The number of benzene rings is 2. The number of aromatic nitrogens is 1. The van der Waals surface area contributed by atoms with Gasteiger partial charge in [0, 0.05) is 10.9 Å². The highest BCUT2D eigenvalue weighted by Gasteiger charge is 2.33. The van der Waals surface area contributed by atoms with Gasteiger partial charge in [0.05, 0.1) is 11.6 Å². The van der Waals surface area contributed by atoms with E-state index < -0.39 is 0 Å². The molecule has 0 spiro atoms. The van der Waals surface area contributed by atoms with E-state index in [2.05, 4.69) is 22.4 Å². The Labute approximate surface area is 145 Å². The van der Waals surface area contributed by atoms with Crippen LogP contribution in [-0.4, -0.2) is 10.9 Å². The summed E-state index contributed by atoms with van der Waals surface area (Å²) in [6, 6.07) is 19.4. The zero-order chi connectivity index (χ0) is 16.5. The van der Waals surface area contributed by atoms with Crippen LogP contribution in [0.25, 0.3) is 10.9 Å². The standard InChI is InChI=1S/C20H17ClN2O/c21-18-11-9-15-12-16(8-10-17(15)22-18)20(24)23-19(14-6-7-14)13-4-2-1-3-5-13/h1-5,8-12,14,19H,6-7H2,(H,23,24). The van der Waals surface area contributed by atoms with Gasteiger partial charge in [-0.05, 0) is 54.7 Å². The zero-order valence-electron chi connectivity index (χ0n) is 13.1. The third-order valence-corrected chi connectivity index (χ3v) is 4.67. The number of amides is 1. The monoisotopic (exact) mass is 336 g/mol. The molecule has 24 heavy (non-hydrogen) atoms. The smallest absolute Gasteiger partial charge is 0.251 e. The van der Waals surface area contributed by atoms with Gasteiger partial charge < -0.3 is 5.32 Å². The van der Waals surface area contributed by atoms with Gasteiger partial charge in [0.1, 0.15) is 5.15 Å². The molecule has 2 aromatic carbocycles. The molecule has 1 saturated carbocycles. The highest BCUT2D eigenvalue weighted by Crippen LogP contribution is 2.41. The summed E-state index contributed by atoms with van der Waals surface area (Å²) in [5, 5.41) is 4.57. The van der Waals surface area contributed by atoms with Gasteiger partial charge >= 0.3 is 0 Å². The van der Waals surface area contributed by atoms with Crippen molar-refractivity contribution in [1.82, 2.24) is 10.3 Å². The molecule has 1 heterocycles. The van der Waals surface area contributed by atoms with Crippen LogP contribution in [0.1, 0.15) is 34.8 Å². The van der Waals surface area contributed by atoms with Crippen molar-refractivity contribution >= 4 is 28.4 Å². The van der Waals surface area contributed by atoms with E-state index in [1.165, 1.54) is 18.4 Å². The molecule has 0 saturated heterocycles. The minimum atomic E-state index is -0.0485. The lowest BCUT2D eigenvalue weighted by molar-refractivity contribution is 0.0932. The number of carbonyl (C=O) groups is 1. The lowest BCUT2D eigenvalue weighted by atomic mass is 10.0. The lowest BCUT2D eigenvalue weighted by Gasteiger charge is -2.19. The van der Waals surface area contributed by atoms with Crippen LogP contribution < -0.4 is 5.32 Å². The van der Waals surface area contributed by atoms with E-state index in [0.29, 0.717) is 16.6 Å². The van der Waals surface area contributed by atoms with Crippen molar-refractivity contribution in [3.05, 3.63) is 76.9 Å². The van der Waals surface area contributed by atoms with Crippen molar-refractivity contribution in [2.45, 2.75) is 18.9 Å². The molecule has 1 aromatic heterocycles. The van der Waals surface area contributed by atoms with Crippen molar-refractivity contribution in [3.8, 4) is 0 Å². The van der Waals surface area contributed by atoms with E-state index >= 15 is 0 Å².